The lowest BCUT2D eigenvalue weighted by molar-refractivity contribution is 0.607. The average molecular weight is 394 g/mol. The Kier molecular flexibility index (Phi) is 4.73. The zero-order chi connectivity index (χ0) is 19.7. The number of aryl methyl sites for hydroxylation is 2. The van der Waals surface area contributed by atoms with Gasteiger partial charge in [-0.25, -0.2) is 12.8 Å². The van der Waals surface area contributed by atoms with E-state index in [1.165, 1.54) is 6.07 Å². The van der Waals surface area contributed by atoms with Gasteiger partial charge in [0.25, 0.3) is 0 Å². The second-order valence-corrected chi connectivity index (χ2v) is 8.60. The van der Waals surface area contributed by atoms with Gasteiger partial charge in [-0.3, -0.25) is 9.71 Å². The van der Waals surface area contributed by atoms with E-state index in [1.54, 1.807) is 24.4 Å². The van der Waals surface area contributed by atoms with E-state index < -0.39 is 10.0 Å². The monoisotopic (exact) mass is 394 g/mol. The molecule has 0 spiro atoms. The van der Waals surface area contributed by atoms with Crippen molar-refractivity contribution in [1.29, 1.82) is 0 Å². The number of benzene rings is 2. The van der Waals surface area contributed by atoms with Crippen molar-refractivity contribution >= 4 is 27.4 Å². The smallest absolute Gasteiger partial charge is 0.229 e. The van der Waals surface area contributed by atoms with Crippen LogP contribution < -0.4 is 4.72 Å². The first-order valence-electron chi connectivity index (χ1n) is 8.92. The van der Waals surface area contributed by atoms with Gasteiger partial charge in [0, 0.05) is 23.1 Å². The highest BCUT2D eigenvalue weighted by Gasteiger charge is 2.19. The molecule has 4 rings (SSSR count). The van der Waals surface area contributed by atoms with Crippen LogP contribution in [0.15, 0.2) is 60.8 Å². The second kappa shape index (κ2) is 7.20. The van der Waals surface area contributed by atoms with Crippen LogP contribution in [0, 0.1) is 5.82 Å². The molecule has 4 nitrogen and oxygen atoms in total. The van der Waals surface area contributed by atoms with Gasteiger partial charge in [0.2, 0.25) is 10.0 Å². The molecule has 1 heterocycles. The minimum atomic E-state index is -3.32. The van der Waals surface area contributed by atoms with Gasteiger partial charge in [-0.15, -0.1) is 0 Å². The number of fused-ring (bicyclic) bond motifs is 2. The highest BCUT2D eigenvalue weighted by Crippen LogP contribution is 2.34. The van der Waals surface area contributed by atoms with Crippen molar-refractivity contribution < 1.29 is 12.8 Å². The number of sulfonamides is 1. The fraction of sp³-hybridized carbons (Fsp3) is 0.136. The second-order valence-electron chi connectivity index (χ2n) is 6.85. The molecule has 3 aromatic rings. The van der Waals surface area contributed by atoms with Crippen molar-refractivity contribution in [3.05, 3.63) is 94.6 Å². The van der Waals surface area contributed by atoms with Crippen molar-refractivity contribution in [2.45, 2.75) is 12.8 Å². The van der Waals surface area contributed by atoms with E-state index in [2.05, 4.69) is 9.71 Å². The van der Waals surface area contributed by atoms with Crippen molar-refractivity contribution in [1.82, 2.24) is 4.98 Å². The number of halogens is 1. The highest BCUT2D eigenvalue weighted by atomic mass is 32.2. The number of pyridine rings is 1. The average Bonchev–Trinajstić information content (AvgIpc) is 2.79. The molecule has 0 saturated heterocycles. The molecule has 0 atom stereocenters. The number of hydrogen-bond acceptors (Lipinski definition) is 3. The molecule has 28 heavy (non-hydrogen) atoms. The summed E-state index contributed by atoms with van der Waals surface area (Å²) in [7, 11) is -3.32. The van der Waals surface area contributed by atoms with Crippen LogP contribution in [0.5, 0.6) is 0 Å². The first-order chi connectivity index (χ1) is 13.4. The van der Waals surface area contributed by atoms with Crippen molar-refractivity contribution in [2.24, 2.45) is 0 Å². The largest absolute Gasteiger partial charge is 0.284 e. The lowest BCUT2D eigenvalue weighted by Crippen LogP contribution is -2.09. The molecule has 0 unspecified atom stereocenters. The van der Waals surface area contributed by atoms with E-state index in [0.29, 0.717) is 5.69 Å². The molecule has 1 aliphatic rings. The van der Waals surface area contributed by atoms with Crippen LogP contribution >= 0.6 is 0 Å². The van der Waals surface area contributed by atoms with Gasteiger partial charge in [-0.1, -0.05) is 24.3 Å². The molecule has 0 amide bonds. The van der Waals surface area contributed by atoms with Crippen LogP contribution in [0.25, 0.3) is 11.6 Å². The standard InChI is InChI=1S/C22H19FN2O2S/c1-28(26,27)25-18-8-4-15(5-9-18)13-21-19-10-7-17(23)14-16(19)6-11-22-20(21)3-2-12-24-22/h2-5,7-10,12-14,25H,6,11H2,1H3/b21-13-. The Bertz CT molecular complexity index is 1170. The van der Waals surface area contributed by atoms with Gasteiger partial charge in [0.1, 0.15) is 5.82 Å². The first-order valence-corrected chi connectivity index (χ1v) is 10.8. The molecule has 6 heteroatoms. The summed E-state index contributed by atoms with van der Waals surface area (Å²) >= 11 is 0. The van der Waals surface area contributed by atoms with Gasteiger partial charge in [-0.2, -0.15) is 0 Å². The topological polar surface area (TPSA) is 59.1 Å². The number of aromatic nitrogens is 1. The summed E-state index contributed by atoms with van der Waals surface area (Å²) in [6.07, 6.45) is 6.41. The van der Waals surface area contributed by atoms with Gasteiger partial charge < -0.3 is 0 Å². The third-order valence-electron chi connectivity index (χ3n) is 4.69. The SMILES string of the molecule is CS(=O)(=O)Nc1ccc(/C=C2/c3ccc(F)cc3CCc3ncccc32)cc1. The van der Waals surface area contributed by atoms with E-state index in [1.807, 2.05) is 36.4 Å². The zero-order valence-corrected chi connectivity index (χ0v) is 16.1. The minimum Gasteiger partial charge on any atom is -0.284 e. The lowest BCUT2D eigenvalue weighted by Gasteiger charge is -2.12. The number of rotatable bonds is 3. The summed E-state index contributed by atoms with van der Waals surface area (Å²) in [4.78, 5) is 4.52. The van der Waals surface area contributed by atoms with E-state index in [9.17, 15) is 12.8 Å². The highest BCUT2D eigenvalue weighted by molar-refractivity contribution is 7.92. The minimum absolute atomic E-state index is 0.242. The lowest BCUT2D eigenvalue weighted by atomic mass is 9.93. The van der Waals surface area contributed by atoms with Crippen LogP contribution in [-0.2, 0) is 22.9 Å². The predicted molar refractivity (Wildman–Crippen MR) is 110 cm³/mol. The molecule has 0 bridgehead atoms. The normalized spacial score (nSPS) is 14.9. The van der Waals surface area contributed by atoms with Crippen LogP contribution in [0.3, 0.4) is 0 Å². The van der Waals surface area contributed by atoms with E-state index in [4.69, 9.17) is 0 Å². The number of nitrogens with one attached hydrogen (secondary N) is 1. The summed E-state index contributed by atoms with van der Waals surface area (Å²) in [5, 5.41) is 0. The Morgan fingerprint density at radius 3 is 2.57 bits per heavy atom. The van der Waals surface area contributed by atoms with E-state index in [-0.39, 0.29) is 5.82 Å². The van der Waals surface area contributed by atoms with Gasteiger partial charge in [-0.05, 0) is 71.5 Å². The molecule has 142 valence electrons. The van der Waals surface area contributed by atoms with Gasteiger partial charge >= 0.3 is 0 Å². The van der Waals surface area contributed by atoms with Crippen molar-refractivity contribution in [3.8, 4) is 0 Å². The van der Waals surface area contributed by atoms with Crippen LogP contribution in [0.2, 0.25) is 0 Å². The molecule has 0 saturated carbocycles. The molecule has 1 N–H and O–H groups in total. The molecule has 1 aliphatic carbocycles. The van der Waals surface area contributed by atoms with E-state index >= 15 is 0 Å². The summed E-state index contributed by atoms with van der Waals surface area (Å²) in [5.41, 5.74) is 6.38. The number of anilines is 1. The quantitative estimate of drug-likeness (QED) is 0.721. The molecule has 0 fully saturated rings. The van der Waals surface area contributed by atoms with Gasteiger partial charge in [0.05, 0.1) is 6.26 Å². The van der Waals surface area contributed by atoms with Crippen molar-refractivity contribution in [3.63, 3.8) is 0 Å². The summed E-state index contributed by atoms with van der Waals surface area (Å²) in [5.74, 6) is -0.242. The maximum absolute atomic E-state index is 13.8. The van der Waals surface area contributed by atoms with Crippen LogP contribution in [0.4, 0.5) is 10.1 Å². The predicted octanol–water partition coefficient (Wildman–Crippen LogP) is 4.28. The number of hydrogen-bond donors (Lipinski definition) is 1. The van der Waals surface area contributed by atoms with Crippen LogP contribution in [0.1, 0.15) is 27.9 Å². The number of nitrogens with zero attached hydrogens (tertiary/aromatic N) is 1. The maximum atomic E-state index is 13.8. The van der Waals surface area contributed by atoms with E-state index in [0.717, 1.165) is 52.6 Å². The Morgan fingerprint density at radius 2 is 1.82 bits per heavy atom. The molecular weight excluding hydrogens is 375 g/mol. The Labute approximate surface area is 163 Å². The first kappa shape index (κ1) is 18.4. The summed E-state index contributed by atoms with van der Waals surface area (Å²) in [6.45, 7) is 0. The molecule has 2 aromatic carbocycles. The molecular formula is C22H19FN2O2S. The molecule has 0 aliphatic heterocycles. The molecule has 0 radical (unpaired) electrons. The molecule has 1 aromatic heterocycles. The third kappa shape index (κ3) is 3.97. The third-order valence-corrected chi connectivity index (χ3v) is 5.30. The fourth-order valence-corrected chi connectivity index (χ4v) is 4.06. The summed E-state index contributed by atoms with van der Waals surface area (Å²) < 4.78 is 39.0. The Morgan fingerprint density at radius 1 is 1.04 bits per heavy atom. The van der Waals surface area contributed by atoms with Crippen LogP contribution in [-0.4, -0.2) is 19.7 Å². The summed E-state index contributed by atoms with van der Waals surface area (Å²) in [6, 6.07) is 16.0. The Hall–Kier alpha value is -2.99. The maximum Gasteiger partial charge on any atom is 0.229 e. The van der Waals surface area contributed by atoms with Gasteiger partial charge in [0.15, 0.2) is 0 Å². The Balaban J connectivity index is 1.82. The van der Waals surface area contributed by atoms with Crippen molar-refractivity contribution in [2.75, 3.05) is 11.0 Å². The zero-order valence-electron chi connectivity index (χ0n) is 15.3. The fourth-order valence-electron chi connectivity index (χ4n) is 3.50.